The van der Waals surface area contributed by atoms with E-state index in [1.165, 1.54) is 0 Å². The fourth-order valence-corrected chi connectivity index (χ4v) is 1.30. The van der Waals surface area contributed by atoms with E-state index in [0.29, 0.717) is 5.69 Å². The quantitative estimate of drug-likeness (QED) is 0.769. The first-order valence-electron chi connectivity index (χ1n) is 5.71. The van der Waals surface area contributed by atoms with E-state index in [1.54, 1.807) is 7.11 Å². The topological polar surface area (TPSA) is 50.5 Å². The van der Waals surface area contributed by atoms with Crippen LogP contribution in [-0.4, -0.2) is 38.2 Å². The van der Waals surface area contributed by atoms with Crippen molar-refractivity contribution < 1.29 is 4.74 Å². The van der Waals surface area contributed by atoms with E-state index in [9.17, 15) is 0 Å². The Balaban J connectivity index is 2.70. The molecule has 4 heteroatoms. The van der Waals surface area contributed by atoms with Crippen molar-refractivity contribution >= 4 is 11.4 Å². The molecule has 0 bridgehead atoms. The number of nitrogen functional groups attached to an aromatic ring is 1. The number of nitrogens with zero attached hydrogens (tertiary/aromatic N) is 1. The highest BCUT2D eigenvalue weighted by atomic mass is 16.5. The molecule has 96 valence electrons. The van der Waals surface area contributed by atoms with Crippen molar-refractivity contribution in [3.63, 3.8) is 0 Å². The van der Waals surface area contributed by atoms with E-state index >= 15 is 0 Å². The van der Waals surface area contributed by atoms with Crippen molar-refractivity contribution in [2.24, 2.45) is 0 Å². The molecule has 0 amide bonds. The maximum Gasteiger partial charge on any atom is 0.121 e. The Morgan fingerprint density at radius 3 is 2.47 bits per heavy atom. The molecular formula is C13H23N3O. The second-order valence-corrected chi connectivity index (χ2v) is 5.01. The number of rotatable bonds is 5. The Labute approximate surface area is 104 Å². The average Bonchev–Trinajstić information content (AvgIpc) is 2.27. The lowest BCUT2D eigenvalue weighted by Gasteiger charge is -2.33. The molecule has 0 aliphatic carbocycles. The lowest BCUT2D eigenvalue weighted by molar-refractivity contribution is 0.210. The highest BCUT2D eigenvalue weighted by molar-refractivity contribution is 5.68. The molecule has 0 saturated carbocycles. The predicted octanol–water partition coefficient (Wildman–Crippen LogP) is 2.03. The summed E-state index contributed by atoms with van der Waals surface area (Å²) in [5, 5.41) is 3.36. The van der Waals surface area contributed by atoms with Crippen LogP contribution in [0.2, 0.25) is 0 Å². The van der Waals surface area contributed by atoms with Gasteiger partial charge in [-0.15, -0.1) is 0 Å². The Morgan fingerprint density at radius 2 is 2.00 bits per heavy atom. The third kappa shape index (κ3) is 3.53. The van der Waals surface area contributed by atoms with Gasteiger partial charge in [-0.25, -0.2) is 0 Å². The molecule has 4 nitrogen and oxygen atoms in total. The van der Waals surface area contributed by atoms with Gasteiger partial charge in [-0.3, -0.25) is 0 Å². The molecule has 0 aromatic heterocycles. The van der Waals surface area contributed by atoms with E-state index in [1.807, 2.05) is 18.2 Å². The van der Waals surface area contributed by atoms with Crippen LogP contribution in [0.15, 0.2) is 18.2 Å². The highest BCUT2D eigenvalue weighted by Crippen LogP contribution is 2.24. The van der Waals surface area contributed by atoms with Crippen molar-refractivity contribution in [1.29, 1.82) is 0 Å². The molecular weight excluding hydrogens is 214 g/mol. The molecule has 0 spiro atoms. The second kappa shape index (κ2) is 5.27. The smallest absolute Gasteiger partial charge is 0.121 e. The van der Waals surface area contributed by atoms with Gasteiger partial charge in [-0.2, -0.15) is 0 Å². The van der Waals surface area contributed by atoms with Crippen molar-refractivity contribution in [3.05, 3.63) is 18.2 Å². The number of hydrogen-bond donors (Lipinski definition) is 2. The van der Waals surface area contributed by atoms with Gasteiger partial charge in [0.15, 0.2) is 0 Å². The maximum absolute atomic E-state index is 5.95. The van der Waals surface area contributed by atoms with Crippen molar-refractivity contribution in [2.75, 3.05) is 38.8 Å². The third-order valence-corrected chi connectivity index (χ3v) is 3.18. The molecule has 0 saturated heterocycles. The second-order valence-electron chi connectivity index (χ2n) is 5.01. The molecule has 1 aromatic carbocycles. The molecule has 0 radical (unpaired) electrons. The molecule has 0 fully saturated rings. The summed E-state index contributed by atoms with van der Waals surface area (Å²) < 4.78 is 5.12. The van der Waals surface area contributed by atoms with Crippen LogP contribution in [0, 0.1) is 0 Å². The zero-order chi connectivity index (χ0) is 13.1. The molecule has 1 rings (SSSR count). The van der Waals surface area contributed by atoms with E-state index in [2.05, 4.69) is 38.2 Å². The Bertz CT molecular complexity index is 375. The lowest BCUT2D eigenvalue weighted by Crippen LogP contribution is -2.44. The molecule has 0 atom stereocenters. The summed E-state index contributed by atoms with van der Waals surface area (Å²) in [6.45, 7) is 5.19. The predicted molar refractivity (Wildman–Crippen MR) is 73.7 cm³/mol. The van der Waals surface area contributed by atoms with Gasteiger partial charge < -0.3 is 20.7 Å². The van der Waals surface area contributed by atoms with E-state index in [-0.39, 0.29) is 5.54 Å². The van der Waals surface area contributed by atoms with Gasteiger partial charge >= 0.3 is 0 Å². The standard InChI is InChI=1S/C13H23N3O/c1-13(2,16(3)4)9-15-12-7-6-10(17-5)8-11(12)14/h6-8,15H,9,14H2,1-5H3. The van der Waals surface area contributed by atoms with Crippen molar-refractivity contribution in [3.8, 4) is 5.75 Å². The van der Waals surface area contributed by atoms with Gasteiger partial charge in [0.25, 0.3) is 0 Å². The van der Waals surface area contributed by atoms with Gasteiger partial charge in [-0.05, 0) is 40.1 Å². The Kier molecular flexibility index (Phi) is 4.23. The number of ether oxygens (including phenoxy) is 1. The zero-order valence-electron chi connectivity index (χ0n) is 11.4. The SMILES string of the molecule is COc1ccc(NCC(C)(C)N(C)C)c(N)c1. The first-order valence-corrected chi connectivity index (χ1v) is 5.71. The minimum Gasteiger partial charge on any atom is -0.497 e. The van der Waals surface area contributed by atoms with Gasteiger partial charge in [0.05, 0.1) is 18.5 Å². The van der Waals surface area contributed by atoms with Crippen LogP contribution in [0.25, 0.3) is 0 Å². The molecule has 0 heterocycles. The van der Waals surface area contributed by atoms with Gasteiger partial charge in [-0.1, -0.05) is 0 Å². The van der Waals surface area contributed by atoms with Crippen LogP contribution in [0.4, 0.5) is 11.4 Å². The molecule has 0 aliphatic heterocycles. The number of hydrogen-bond acceptors (Lipinski definition) is 4. The van der Waals surface area contributed by atoms with Gasteiger partial charge in [0, 0.05) is 18.2 Å². The average molecular weight is 237 g/mol. The van der Waals surface area contributed by atoms with Crippen LogP contribution in [0.3, 0.4) is 0 Å². The van der Waals surface area contributed by atoms with Crippen LogP contribution >= 0.6 is 0 Å². The number of benzene rings is 1. The highest BCUT2D eigenvalue weighted by Gasteiger charge is 2.20. The summed E-state index contributed by atoms with van der Waals surface area (Å²) in [7, 11) is 5.77. The molecule has 0 unspecified atom stereocenters. The number of likely N-dealkylation sites (N-methyl/N-ethyl adjacent to an activating group) is 1. The third-order valence-electron chi connectivity index (χ3n) is 3.18. The van der Waals surface area contributed by atoms with Gasteiger partial charge in [0.2, 0.25) is 0 Å². The number of methoxy groups -OCH3 is 1. The number of nitrogens with two attached hydrogens (primary N) is 1. The van der Waals surface area contributed by atoms with Crippen molar-refractivity contribution in [2.45, 2.75) is 19.4 Å². The fraction of sp³-hybridized carbons (Fsp3) is 0.538. The molecule has 0 aliphatic rings. The molecule has 3 N–H and O–H groups in total. The Hall–Kier alpha value is -1.42. The number of anilines is 2. The monoisotopic (exact) mass is 237 g/mol. The normalized spacial score (nSPS) is 11.6. The maximum atomic E-state index is 5.95. The summed E-state index contributed by atoms with van der Waals surface area (Å²) in [5.41, 5.74) is 7.67. The Morgan fingerprint density at radius 1 is 1.35 bits per heavy atom. The van der Waals surface area contributed by atoms with E-state index < -0.39 is 0 Å². The van der Waals surface area contributed by atoms with Crippen LogP contribution in [-0.2, 0) is 0 Å². The largest absolute Gasteiger partial charge is 0.497 e. The molecule has 1 aromatic rings. The zero-order valence-corrected chi connectivity index (χ0v) is 11.4. The van der Waals surface area contributed by atoms with Crippen molar-refractivity contribution in [1.82, 2.24) is 4.90 Å². The van der Waals surface area contributed by atoms with Crippen LogP contribution < -0.4 is 15.8 Å². The van der Waals surface area contributed by atoms with Crippen LogP contribution in [0.5, 0.6) is 5.75 Å². The van der Waals surface area contributed by atoms with E-state index in [0.717, 1.165) is 18.0 Å². The summed E-state index contributed by atoms with van der Waals surface area (Å²) in [6, 6.07) is 5.67. The number of nitrogens with one attached hydrogen (secondary N) is 1. The summed E-state index contributed by atoms with van der Waals surface area (Å²) in [4.78, 5) is 2.18. The fourth-order valence-electron chi connectivity index (χ4n) is 1.30. The van der Waals surface area contributed by atoms with E-state index in [4.69, 9.17) is 10.5 Å². The summed E-state index contributed by atoms with van der Waals surface area (Å²) in [6.07, 6.45) is 0. The minimum atomic E-state index is 0.0758. The summed E-state index contributed by atoms with van der Waals surface area (Å²) in [5.74, 6) is 0.778. The first-order chi connectivity index (χ1) is 7.86. The molecule has 17 heavy (non-hydrogen) atoms. The minimum absolute atomic E-state index is 0.0758. The first kappa shape index (κ1) is 13.6. The van der Waals surface area contributed by atoms with Gasteiger partial charge in [0.1, 0.15) is 5.75 Å². The van der Waals surface area contributed by atoms with Crippen LogP contribution in [0.1, 0.15) is 13.8 Å². The summed E-state index contributed by atoms with van der Waals surface area (Å²) >= 11 is 0. The lowest BCUT2D eigenvalue weighted by atomic mass is 10.0.